The molecule has 0 saturated heterocycles. The van der Waals surface area contributed by atoms with Crippen LogP contribution in [0, 0.1) is 3.70 Å². The van der Waals surface area contributed by atoms with Gasteiger partial charge < -0.3 is 21.3 Å². The molecule has 0 radical (unpaired) electrons. The van der Waals surface area contributed by atoms with Crippen LogP contribution in [-0.2, 0) is 19.6 Å². The number of rotatable bonds is 13. The minimum atomic E-state index is 0.639. The van der Waals surface area contributed by atoms with Crippen molar-refractivity contribution in [2.45, 2.75) is 64.2 Å². The summed E-state index contributed by atoms with van der Waals surface area (Å²) >= 11 is 2.23. The molecule has 0 bridgehead atoms. The SMILES string of the molecule is Ic1cc(NCc2ccccc2)nc(NCc2ccc(CNCCCNC3CCCCC3)cc2)n1. The van der Waals surface area contributed by atoms with Crippen LogP contribution in [0.5, 0.6) is 0 Å². The summed E-state index contributed by atoms with van der Waals surface area (Å²) in [5.41, 5.74) is 3.75. The van der Waals surface area contributed by atoms with E-state index in [9.17, 15) is 0 Å². The average molecular weight is 585 g/mol. The first-order valence-electron chi connectivity index (χ1n) is 12.8. The molecule has 7 heteroatoms. The Bertz CT molecular complexity index is 1010. The van der Waals surface area contributed by atoms with E-state index in [1.807, 2.05) is 24.3 Å². The molecule has 0 aliphatic heterocycles. The van der Waals surface area contributed by atoms with Crippen LogP contribution in [0.25, 0.3) is 0 Å². The van der Waals surface area contributed by atoms with Crippen LogP contribution in [0.4, 0.5) is 11.8 Å². The summed E-state index contributed by atoms with van der Waals surface area (Å²) in [6.07, 6.45) is 8.10. The molecule has 1 aromatic heterocycles. The summed E-state index contributed by atoms with van der Waals surface area (Å²) in [5, 5.41) is 14.0. The average Bonchev–Trinajstić information content (AvgIpc) is 2.90. The molecule has 4 rings (SSSR count). The molecule has 1 fully saturated rings. The highest BCUT2D eigenvalue weighted by Gasteiger charge is 2.11. The molecule has 0 unspecified atom stereocenters. The van der Waals surface area contributed by atoms with Crippen LogP contribution in [0.2, 0.25) is 0 Å². The van der Waals surface area contributed by atoms with E-state index in [0.717, 1.165) is 41.7 Å². The largest absolute Gasteiger partial charge is 0.366 e. The van der Waals surface area contributed by atoms with Gasteiger partial charge in [-0.3, -0.25) is 0 Å². The van der Waals surface area contributed by atoms with Crippen molar-refractivity contribution in [2.24, 2.45) is 0 Å². The first-order valence-corrected chi connectivity index (χ1v) is 13.9. The van der Waals surface area contributed by atoms with Gasteiger partial charge in [0.2, 0.25) is 5.95 Å². The third-order valence-corrected chi connectivity index (χ3v) is 6.94. The summed E-state index contributed by atoms with van der Waals surface area (Å²) in [7, 11) is 0. The van der Waals surface area contributed by atoms with Crippen molar-refractivity contribution in [3.8, 4) is 0 Å². The number of benzene rings is 2. The number of aromatic nitrogens is 2. The Balaban J connectivity index is 1.15. The lowest BCUT2D eigenvalue weighted by Crippen LogP contribution is -2.33. The third-order valence-electron chi connectivity index (χ3n) is 6.38. The molecule has 0 amide bonds. The lowest BCUT2D eigenvalue weighted by Gasteiger charge is -2.22. The van der Waals surface area contributed by atoms with Gasteiger partial charge in [-0.15, -0.1) is 0 Å². The maximum atomic E-state index is 4.62. The predicted molar refractivity (Wildman–Crippen MR) is 153 cm³/mol. The quantitative estimate of drug-likeness (QED) is 0.117. The van der Waals surface area contributed by atoms with Gasteiger partial charge in [0.15, 0.2) is 0 Å². The molecule has 4 N–H and O–H groups in total. The van der Waals surface area contributed by atoms with Crippen LogP contribution in [0.1, 0.15) is 55.2 Å². The zero-order valence-corrected chi connectivity index (χ0v) is 22.6. The monoisotopic (exact) mass is 584 g/mol. The van der Waals surface area contributed by atoms with Crippen molar-refractivity contribution in [3.63, 3.8) is 0 Å². The van der Waals surface area contributed by atoms with Gasteiger partial charge in [0.1, 0.15) is 9.52 Å². The molecule has 1 heterocycles. The highest BCUT2D eigenvalue weighted by Crippen LogP contribution is 2.17. The number of anilines is 2. The topological polar surface area (TPSA) is 73.9 Å². The van der Waals surface area contributed by atoms with E-state index in [-0.39, 0.29) is 0 Å². The van der Waals surface area contributed by atoms with E-state index in [2.05, 4.69) is 90.2 Å². The second-order valence-corrected chi connectivity index (χ2v) is 10.3. The Morgan fingerprint density at radius 3 is 2.20 bits per heavy atom. The molecule has 3 aromatic rings. The Hall–Kier alpha value is -2.23. The van der Waals surface area contributed by atoms with E-state index in [4.69, 9.17) is 0 Å². The molecule has 2 aromatic carbocycles. The molecule has 0 atom stereocenters. The van der Waals surface area contributed by atoms with Gasteiger partial charge in [-0.2, -0.15) is 4.98 Å². The van der Waals surface area contributed by atoms with E-state index in [1.165, 1.54) is 55.2 Å². The van der Waals surface area contributed by atoms with Gasteiger partial charge in [0, 0.05) is 31.7 Å². The number of hydrogen-bond donors (Lipinski definition) is 4. The van der Waals surface area contributed by atoms with Crippen molar-refractivity contribution in [1.82, 2.24) is 20.6 Å². The number of hydrogen-bond acceptors (Lipinski definition) is 6. The van der Waals surface area contributed by atoms with Crippen LogP contribution in [0.15, 0.2) is 60.7 Å². The van der Waals surface area contributed by atoms with Crippen LogP contribution in [0.3, 0.4) is 0 Å². The van der Waals surface area contributed by atoms with Crippen molar-refractivity contribution in [2.75, 3.05) is 23.7 Å². The van der Waals surface area contributed by atoms with Crippen molar-refractivity contribution < 1.29 is 0 Å². The van der Waals surface area contributed by atoms with Crippen LogP contribution in [-0.4, -0.2) is 29.1 Å². The van der Waals surface area contributed by atoms with Gasteiger partial charge >= 0.3 is 0 Å². The summed E-state index contributed by atoms with van der Waals surface area (Å²) in [4.78, 5) is 9.15. The third kappa shape index (κ3) is 9.39. The fourth-order valence-corrected chi connectivity index (χ4v) is 4.91. The maximum Gasteiger partial charge on any atom is 0.225 e. The Kier molecular flexibility index (Phi) is 10.6. The van der Waals surface area contributed by atoms with Gasteiger partial charge in [-0.25, -0.2) is 4.98 Å². The summed E-state index contributed by atoms with van der Waals surface area (Å²) in [6.45, 7) is 4.51. The Morgan fingerprint density at radius 1 is 0.743 bits per heavy atom. The summed E-state index contributed by atoms with van der Waals surface area (Å²) < 4.78 is 0.908. The minimum Gasteiger partial charge on any atom is -0.366 e. The number of halogens is 1. The molecule has 1 aliphatic carbocycles. The van der Waals surface area contributed by atoms with Gasteiger partial charge in [-0.1, -0.05) is 73.9 Å². The molecule has 1 aliphatic rings. The first kappa shape index (κ1) is 25.9. The zero-order chi connectivity index (χ0) is 24.1. The molecule has 186 valence electrons. The van der Waals surface area contributed by atoms with Crippen molar-refractivity contribution in [1.29, 1.82) is 0 Å². The summed E-state index contributed by atoms with van der Waals surface area (Å²) in [6, 6.07) is 21.8. The standard InChI is InChI=1S/C28H37IN6/c29-26-18-27(32-20-22-8-3-1-4-9-22)35-28(34-26)33-21-24-14-12-23(13-15-24)19-30-16-7-17-31-25-10-5-2-6-11-25/h1,3-4,8-9,12-15,18,25,30-31H,2,5-7,10-11,16-17,19-21H2,(H2,32,33,34,35). The van der Waals surface area contributed by atoms with Crippen molar-refractivity contribution >= 4 is 34.4 Å². The van der Waals surface area contributed by atoms with E-state index >= 15 is 0 Å². The first-order chi connectivity index (χ1) is 17.2. The van der Waals surface area contributed by atoms with Crippen LogP contribution >= 0.6 is 22.6 Å². The fourth-order valence-electron chi connectivity index (χ4n) is 4.39. The zero-order valence-electron chi connectivity index (χ0n) is 20.4. The van der Waals surface area contributed by atoms with Crippen LogP contribution < -0.4 is 21.3 Å². The second kappa shape index (κ2) is 14.4. The smallest absolute Gasteiger partial charge is 0.225 e. The Morgan fingerprint density at radius 2 is 1.43 bits per heavy atom. The van der Waals surface area contributed by atoms with Gasteiger partial charge in [-0.05, 0) is 71.6 Å². The highest BCUT2D eigenvalue weighted by atomic mass is 127. The molecule has 6 nitrogen and oxygen atoms in total. The molecular weight excluding hydrogens is 547 g/mol. The maximum absolute atomic E-state index is 4.62. The molecule has 35 heavy (non-hydrogen) atoms. The van der Waals surface area contributed by atoms with E-state index in [0.29, 0.717) is 12.5 Å². The Labute approximate surface area is 223 Å². The second-order valence-electron chi connectivity index (χ2n) is 9.23. The van der Waals surface area contributed by atoms with E-state index in [1.54, 1.807) is 0 Å². The van der Waals surface area contributed by atoms with Gasteiger partial charge in [0.25, 0.3) is 0 Å². The fraction of sp³-hybridized carbons (Fsp3) is 0.429. The summed E-state index contributed by atoms with van der Waals surface area (Å²) in [5.74, 6) is 1.46. The van der Waals surface area contributed by atoms with Gasteiger partial charge in [0.05, 0.1) is 0 Å². The number of nitrogens with one attached hydrogen (secondary N) is 4. The lowest BCUT2D eigenvalue weighted by atomic mass is 9.95. The van der Waals surface area contributed by atoms with E-state index < -0.39 is 0 Å². The lowest BCUT2D eigenvalue weighted by molar-refractivity contribution is 0.371. The highest BCUT2D eigenvalue weighted by molar-refractivity contribution is 14.1. The minimum absolute atomic E-state index is 0.639. The normalized spacial score (nSPS) is 14.1. The predicted octanol–water partition coefficient (Wildman–Crippen LogP) is 5.71. The molecule has 1 saturated carbocycles. The number of nitrogens with zero attached hydrogens (tertiary/aromatic N) is 2. The molecule has 0 spiro atoms. The molecular formula is C28H37IN6. The van der Waals surface area contributed by atoms with Crippen molar-refractivity contribution in [3.05, 3.63) is 81.1 Å².